The van der Waals surface area contributed by atoms with Gasteiger partial charge in [0.2, 0.25) is 0 Å². The van der Waals surface area contributed by atoms with Crippen LogP contribution in [0.4, 0.5) is 0 Å². The largest absolute Gasteiger partial charge is 0.365 e. The lowest BCUT2D eigenvalue weighted by Crippen LogP contribution is -2.34. The van der Waals surface area contributed by atoms with Crippen molar-refractivity contribution in [1.82, 2.24) is 0 Å². The van der Waals surface area contributed by atoms with Crippen LogP contribution in [0, 0.1) is 0 Å². The zero-order valence-electron chi connectivity index (χ0n) is 8.55. The first-order valence-electron chi connectivity index (χ1n) is 4.21. The van der Waals surface area contributed by atoms with E-state index in [0.29, 0.717) is 0 Å². The number of carbonyl (C=O) groups excluding carboxylic acids is 1. The van der Waals surface area contributed by atoms with Crippen LogP contribution in [0.25, 0.3) is 0 Å². The van der Waals surface area contributed by atoms with Gasteiger partial charge in [0.15, 0.2) is 5.78 Å². The quantitative estimate of drug-likeness (QED) is 0.636. The van der Waals surface area contributed by atoms with Crippen molar-refractivity contribution in [3.8, 4) is 0 Å². The van der Waals surface area contributed by atoms with Gasteiger partial charge in [0.25, 0.3) is 0 Å². The Labute approximate surface area is 77.3 Å². The van der Waals surface area contributed by atoms with Crippen molar-refractivity contribution in [2.45, 2.75) is 52.0 Å². The minimum atomic E-state index is -0.308. The van der Waals surface area contributed by atoms with Gasteiger partial charge in [-0.15, -0.1) is 9.24 Å². The van der Waals surface area contributed by atoms with Crippen LogP contribution in [0.5, 0.6) is 0 Å². The average molecular weight is 190 g/mol. The molecule has 0 aromatic carbocycles. The number of ketones is 1. The van der Waals surface area contributed by atoms with Gasteiger partial charge >= 0.3 is 0 Å². The van der Waals surface area contributed by atoms with Gasteiger partial charge in [-0.25, -0.2) is 0 Å². The Morgan fingerprint density at radius 3 is 2.00 bits per heavy atom. The van der Waals surface area contributed by atoms with E-state index in [0.717, 1.165) is 0 Å². The normalized spacial score (nSPS) is 17.2. The first-order chi connectivity index (χ1) is 5.24. The van der Waals surface area contributed by atoms with Gasteiger partial charge in [-0.3, -0.25) is 4.79 Å². The zero-order valence-corrected chi connectivity index (χ0v) is 9.70. The highest BCUT2D eigenvalue weighted by Crippen LogP contribution is 2.14. The Morgan fingerprint density at radius 1 is 1.33 bits per heavy atom. The van der Waals surface area contributed by atoms with Gasteiger partial charge in [-0.1, -0.05) is 6.92 Å². The molecule has 0 saturated carbocycles. The molecule has 2 nitrogen and oxygen atoms in total. The molecule has 12 heavy (non-hydrogen) atoms. The summed E-state index contributed by atoms with van der Waals surface area (Å²) in [7, 11) is 2.48. The van der Waals surface area contributed by atoms with E-state index in [2.05, 4.69) is 9.24 Å². The zero-order chi connectivity index (χ0) is 9.94. The van der Waals surface area contributed by atoms with E-state index in [1.807, 2.05) is 27.7 Å². The Kier molecular flexibility index (Phi) is 4.36. The summed E-state index contributed by atoms with van der Waals surface area (Å²) < 4.78 is 5.50. The molecule has 0 bridgehead atoms. The monoisotopic (exact) mass is 190 g/mol. The molecule has 0 saturated heterocycles. The summed E-state index contributed by atoms with van der Waals surface area (Å²) in [6.45, 7) is 9.50. The lowest BCUT2D eigenvalue weighted by molar-refractivity contribution is -0.137. The molecule has 3 unspecified atom stereocenters. The molecule has 3 atom stereocenters. The van der Waals surface area contributed by atoms with Gasteiger partial charge in [0.05, 0.1) is 5.60 Å². The van der Waals surface area contributed by atoms with E-state index in [1.54, 1.807) is 6.92 Å². The Hall–Kier alpha value is 0.0600. The summed E-state index contributed by atoms with van der Waals surface area (Å²) in [5.41, 5.74) is -0.267. The molecule has 0 rings (SSSR count). The van der Waals surface area contributed by atoms with Crippen LogP contribution >= 0.6 is 9.24 Å². The molecule has 72 valence electrons. The van der Waals surface area contributed by atoms with Crippen LogP contribution in [-0.4, -0.2) is 23.1 Å². The molecule has 0 aromatic rings. The highest BCUT2D eigenvalue weighted by atomic mass is 31.0. The SMILES string of the molecule is CC(P)C(=O)C(C)OC(C)(C)C. The van der Waals surface area contributed by atoms with E-state index in [-0.39, 0.29) is 23.1 Å². The minimum Gasteiger partial charge on any atom is -0.365 e. The molecule has 0 radical (unpaired) electrons. The van der Waals surface area contributed by atoms with E-state index in [9.17, 15) is 4.79 Å². The van der Waals surface area contributed by atoms with Crippen molar-refractivity contribution in [1.29, 1.82) is 0 Å². The standard InChI is InChI=1S/C9H19O2P/c1-6(8(10)7(2)12)11-9(3,4)5/h6-7H,12H2,1-5H3. The molecule has 0 N–H and O–H groups in total. The van der Waals surface area contributed by atoms with Crippen molar-refractivity contribution < 1.29 is 9.53 Å². The molecule has 0 aliphatic carbocycles. The number of Topliss-reactive ketones (excluding diaryl/α,β-unsaturated/α-hetero) is 1. The van der Waals surface area contributed by atoms with Crippen molar-refractivity contribution in [3.63, 3.8) is 0 Å². The number of ether oxygens (including phenoxy) is 1. The summed E-state index contributed by atoms with van der Waals surface area (Å²) in [6.07, 6.45) is -0.308. The third-order valence-corrected chi connectivity index (χ3v) is 1.71. The lowest BCUT2D eigenvalue weighted by Gasteiger charge is -2.25. The van der Waals surface area contributed by atoms with E-state index in [4.69, 9.17) is 4.74 Å². The number of rotatable bonds is 3. The minimum absolute atomic E-state index is 0.0256. The van der Waals surface area contributed by atoms with Crippen LogP contribution < -0.4 is 0 Å². The van der Waals surface area contributed by atoms with Crippen molar-refractivity contribution >= 4 is 15.0 Å². The summed E-state index contributed by atoms with van der Waals surface area (Å²) in [4.78, 5) is 11.4. The Balaban J connectivity index is 4.05. The smallest absolute Gasteiger partial charge is 0.167 e. The van der Waals surface area contributed by atoms with Crippen molar-refractivity contribution in [2.75, 3.05) is 0 Å². The molecule has 0 fully saturated rings. The first-order valence-corrected chi connectivity index (χ1v) is 4.88. The summed E-state index contributed by atoms with van der Waals surface area (Å²) >= 11 is 0. The van der Waals surface area contributed by atoms with Crippen molar-refractivity contribution in [2.24, 2.45) is 0 Å². The van der Waals surface area contributed by atoms with Crippen LogP contribution in [0.2, 0.25) is 0 Å². The van der Waals surface area contributed by atoms with Crippen LogP contribution in [0.1, 0.15) is 34.6 Å². The predicted molar refractivity (Wildman–Crippen MR) is 54.5 cm³/mol. The molecule has 0 amide bonds. The third-order valence-electron chi connectivity index (χ3n) is 1.38. The Bertz CT molecular complexity index is 158. The van der Waals surface area contributed by atoms with Gasteiger partial charge in [-0.2, -0.15) is 0 Å². The van der Waals surface area contributed by atoms with Gasteiger partial charge in [-0.05, 0) is 27.7 Å². The molecule has 0 aliphatic heterocycles. The van der Waals surface area contributed by atoms with Gasteiger partial charge < -0.3 is 4.74 Å². The van der Waals surface area contributed by atoms with Crippen LogP contribution in [-0.2, 0) is 9.53 Å². The van der Waals surface area contributed by atoms with E-state index in [1.165, 1.54) is 0 Å². The number of carbonyl (C=O) groups is 1. The summed E-state index contributed by atoms with van der Waals surface area (Å²) in [5.74, 6) is 0.134. The molecular weight excluding hydrogens is 171 g/mol. The fourth-order valence-corrected chi connectivity index (χ4v) is 1.23. The predicted octanol–water partition coefficient (Wildman–Crippen LogP) is 2.02. The highest BCUT2D eigenvalue weighted by molar-refractivity contribution is 7.19. The van der Waals surface area contributed by atoms with Crippen LogP contribution in [0.15, 0.2) is 0 Å². The van der Waals surface area contributed by atoms with E-state index >= 15 is 0 Å². The molecule has 3 heteroatoms. The van der Waals surface area contributed by atoms with Gasteiger partial charge in [0, 0.05) is 5.66 Å². The van der Waals surface area contributed by atoms with Crippen molar-refractivity contribution in [3.05, 3.63) is 0 Å². The third kappa shape index (κ3) is 4.84. The maximum absolute atomic E-state index is 11.4. The first kappa shape index (κ1) is 12.1. The summed E-state index contributed by atoms with van der Waals surface area (Å²) in [5, 5.41) is 0. The average Bonchev–Trinajstić information content (AvgIpc) is 1.82. The lowest BCUT2D eigenvalue weighted by atomic mass is 10.1. The fraction of sp³-hybridized carbons (Fsp3) is 0.889. The second-order valence-electron chi connectivity index (χ2n) is 4.06. The topological polar surface area (TPSA) is 26.3 Å². The maximum atomic E-state index is 11.4. The molecule has 0 heterocycles. The van der Waals surface area contributed by atoms with E-state index < -0.39 is 0 Å². The second-order valence-corrected chi connectivity index (χ2v) is 5.06. The molecule has 0 aromatic heterocycles. The molecule has 0 aliphatic rings. The maximum Gasteiger partial charge on any atom is 0.167 e. The highest BCUT2D eigenvalue weighted by Gasteiger charge is 2.22. The van der Waals surface area contributed by atoms with Crippen LogP contribution in [0.3, 0.4) is 0 Å². The number of hydrogen-bond acceptors (Lipinski definition) is 2. The molecular formula is C9H19O2P. The summed E-state index contributed by atoms with van der Waals surface area (Å²) in [6, 6.07) is 0. The molecule has 0 spiro atoms. The van der Waals surface area contributed by atoms with Gasteiger partial charge in [0.1, 0.15) is 6.10 Å². The number of hydrogen-bond donors (Lipinski definition) is 0. The Morgan fingerprint density at radius 2 is 1.75 bits per heavy atom. The second kappa shape index (κ2) is 4.34. The fourth-order valence-electron chi connectivity index (χ4n) is 0.959.